The summed E-state index contributed by atoms with van der Waals surface area (Å²) in [4.78, 5) is 24.3. The number of aryl methyl sites for hydroxylation is 1. The molecule has 5 heteroatoms. The average Bonchev–Trinajstić information content (AvgIpc) is 2.77. The van der Waals surface area contributed by atoms with Gasteiger partial charge in [-0.25, -0.2) is 4.79 Å². The highest BCUT2D eigenvalue weighted by Gasteiger charge is 2.10. The van der Waals surface area contributed by atoms with Gasteiger partial charge >= 0.3 is 11.6 Å². The second kappa shape index (κ2) is 8.82. The van der Waals surface area contributed by atoms with E-state index in [-0.39, 0.29) is 12.4 Å². The molecular weight excluding hydrogens is 380 g/mol. The van der Waals surface area contributed by atoms with Gasteiger partial charge in [0.1, 0.15) is 17.1 Å². The SMILES string of the molecule is CCc1ccc(OCCCC(=O)Oc2ccc3c(c2)oc(=O)c2ccccc23)cc1. The molecule has 0 aliphatic carbocycles. The molecule has 152 valence electrons. The molecule has 0 atom stereocenters. The minimum Gasteiger partial charge on any atom is -0.494 e. The highest BCUT2D eigenvalue weighted by molar-refractivity contribution is 6.04. The fourth-order valence-electron chi connectivity index (χ4n) is 3.33. The highest BCUT2D eigenvalue weighted by atomic mass is 16.5. The van der Waals surface area contributed by atoms with Crippen molar-refractivity contribution in [1.82, 2.24) is 0 Å². The van der Waals surface area contributed by atoms with Gasteiger partial charge in [0.15, 0.2) is 0 Å². The molecule has 0 spiro atoms. The van der Waals surface area contributed by atoms with Crippen molar-refractivity contribution in [2.24, 2.45) is 0 Å². The van der Waals surface area contributed by atoms with Crippen molar-refractivity contribution in [2.75, 3.05) is 6.61 Å². The summed E-state index contributed by atoms with van der Waals surface area (Å²) in [5.74, 6) is 0.779. The number of benzene rings is 3. The first-order chi connectivity index (χ1) is 14.6. The molecule has 0 N–H and O–H groups in total. The molecule has 0 aliphatic rings. The molecule has 0 fully saturated rings. The van der Waals surface area contributed by atoms with Gasteiger partial charge in [-0.05, 0) is 54.1 Å². The molecule has 1 heterocycles. The summed E-state index contributed by atoms with van der Waals surface area (Å²) < 4.78 is 16.5. The second-order valence-electron chi connectivity index (χ2n) is 7.02. The van der Waals surface area contributed by atoms with E-state index in [9.17, 15) is 9.59 Å². The maximum Gasteiger partial charge on any atom is 0.344 e. The lowest BCUT2D eigenvalue weighted by atomic mass is 10.1. The number of carbonyl (C=O) groups is 1. The van der Waals surface area contributed by atoms with Gasteiger partial charge in [0.25, 0.3) is 0 Å². The monoisotopic (exact) mass is 402 g/mol. The van der Waals surface area contributed by atoms with Crippen molar-refractivity contribution < 1.29 is 18.7 Å². The fourth-order valence-corrected chi connectivity index (χ4v) is 3.33. The van der Waals surface area contributed by atoms with Gasteiger partial charge in [-0.3, -0.25) is 4.79 Å². The van der Waals surface area contributed by atoms with Gasteiger partial charge in [0, 0.05) is 17.9 Å². The van der Waals surface area contributed by atoms with Gasteiger partial charge in [-0.1, -0.05) is 37.3 Å². The molecule has 1 aromatic heterocycles. The average molecular weight is 402 g/mol. The number of esters is 1. The lowest BCUT2D eigenvalue weighted by Crippen LogP contribution is -2.10. The summed E-state index contributed by atoms with van der Waals surface area (Å²) in [6.07, 6.45) is 1.76. The zero-order chi connectivity index (χ0) is 20.9. The minimum absolute atomic E-state index is 0.229. The number of rotatable bonds is 7. The third kappa shape index (κ3) is 4.35. The lowest BCUT2D eigenvalue weighted by molar-refractivity contribution is -0.134. The van der Waals surface area contributed by atoms with E-state index in [0.717, 1.165) is 22.9 Å². The number of carbonyl (C=O) groups excluding carboxylic acids is 1. The summed E-state index contributed by atoms with van der Waals surface area (Å²) in [6.45, 7) is 2.53. The van der Waals surface area contributed by atoms with Crippen LogP contribution >= 0.6 is 0 Å². The van der Waals surface area contributed by atoms with Crippen LogP contribution in [0.1, 0.15) is 25.3 Å². The Labute approximate surface area is 173 Å². The van der Waals surface area contributed by atoms with Gasteiger partial charge in [-0.2, -0.15) is 0 Å². The van der Waals surface area contributed by atoms with Crippen molar-refractivity contribution in [2.45, 2.75) is 26.2 Å². The highest BCUT2D eigenvalue weighted by Crippen LogP contribution is 2.26. The van der Waals surface area contributed by atoms with Crippen LogP contribution < -0.4 is 15.1 Å². The van der Waals surface area contributed by atoms with Crippen LogP contribution in [0.5, 0.6) is 11.5 Å². The van der Waals surface area contributed by atoms with Crippen molar-refractivity contribution >= 4 is 27.7 Å². The Hall–Kier alpha value is -3.60. The molecular formula is C25H22O5. The zero-order valence-electron chi connectivity index (χ0n) is 16.7. The molecule has 4 rings (SSSR count). The Bertz CT molecular complexity index is 1240. The van der Waals surface area contributed by atoms with Crippen LogP contribution in [0.4, 0.5) is 0 Å². The largest absolute Gasteiger partial charge is 0.494 e. The van der Waals surface area contributed by atoms with E-state index in [1.807, 2.05) is 36.4 Å². The predicted octanol–water partition coefficient (Wildman–Crippen LogP) is 5.27. The number of ether oxygens (including phenoxy) is 2. The molecule has 3 aromatic carbocycles. The Morgan fingerprint density at radius 1 is 0.900 bits per heavy atom. The molecule has 0 radical (unpaired) electrons. The summed E-state index contributed by atoms with van der Waals surface area (Å²) in [7, 11) is 0. The minimum atomic E-state index is -0.411. The normalized spacial score (nSPS) is 11.0. The molecule has 4 aromatic rings. The lowest BCUT2D eigenvalue weighted by Gasteiger charge is -2.08. The number of hydrogen-bond acceptors (Lipinski definition) is 5. The molecule has 30 heavy (non-hydrogen) atoms. The Morgan fingerprint density at radius 3 is 2.40 bits per heavy atom. The van der Waals surface area contributed by atoms with E-state index in [1.54, 1.807) is 30.3 Å². The van der Waals surface area contributed by atoms with Crippen molar-refractivity contribution in [3.05, 3.63) is 82.7 Å². The third-order valence-electron chi connectivity index (χ3n) is 4.95. The molecule has 5 nitrogen and oxygen atoms in total. The Kier molecular flexibility index (Phi) is 5.80. The first kappa shape index (κ1) is 19.7. The van der Waals surface area contributed by atoms with Gasteiger partial charge in [-0.15, -0.1) is 0 Å². The fraction of sp³-hybridized carbons (Fsp3) is 0.200. The Balaban J connectivity index is 1.36. The van der Waals surface area contributed by atoms with E-state index in [4.69, 9.17) is 13.9 Å². The summed E-state index contributed by atoms with van der Waals surface area (Å²) in [5, 5.41) is 2.14. The smallest absolute Gasteiger partial charge is 0.344 e. The summed E-state index contributed by atoms with van der Waals surface area (Å²) in [5.41, 5.74) is 1.23. The molecule has 0 unspecified atom stereocenters. The number of hydrogen-bond donors (Lipinski definition) is 0. The van der Waals surface area contributed by atoms with Gasteiger partial charge in [0.2, 0.25) is 0 Å². The predicted molar refractivity (Wildman–Crippen MR) is 116 cm³/mol. The molecule has 0 saturated carbocycles. The quantitative estimate of drug-likeness (QED) is 0.138. The van der Waals surface area contributed by atoms with Crippen LogP contribution in [0, 0.1) is 0 Å². The van der Waals surface area contributed by atoms with E-state index >= 15 is 0 Å². The van der Waals surface area contributed by atoms with Crippen LogP contribution in [-0.4, -0.2) is 12.6 Å². The maximum absolute atomic E-state index is 12.2. The van der Waals surface area contributed by atoms with Crippen LogP contribution in [0.15, 0.2) is 75.9 Å². The van der Waals surface area contributed by atoms with Crippen molar-refractivity contribution in [3.63, 3.8) is 0 Å². The van der Waals surface area contributed by atoms with Crippen molar-refractivity contribution in [3.8, 4) is 11.5 Å². The molecule has 0 amide bonds. The third-order valence-corrected chi connectivity index (χ3v) is 4.95. The molecule has 0 bridgehead atoms. The van der Waals surface area contributed by atoms with Crippen LogP contribution in [-0.2, 0) is 11.2 Å². The van der Waals surface area contributed by atoms with Crippen LogP contribution in [0.3, 0.4) is 0 Å². The van der Waals surface area contributed by atoms with E-state index in [2.05, 4.69) is 6.92 Å². The van der Waals surface area contributed by atoms with Gasteiger partial charge < -0.3 is 13.9 Å². The van der Waals surface area contributed by atoms with Gasteiger partial charge in [0.05, 0.1) is 12.0 Å². The standard InChI is InChI=1S/C25H22O5/c1-2-17-9-11-18(12-10-17)28-15-5-8-24(26)29-19-13-14-21-20-6-3-4-7-22(20)25(27)30-23(21)16-19/h3-4,6-7,9-14,16H,2,5,8,15H2,1H3. The molecule has 0 saturated heterocycles. The first-order valence-corrected chi connectivity index (χ1v) is 10.0. The zero-order valence-corrected chi connectivity index (χ0v) is 16.7. The summed E-state index contributed by atoms with van der Waals surface area (Å²) in [6, 6.07) is 20.3. The van der Waals surface area contributed by atoms with E-state index in [0.29, 0.717) is 29.7 Å². The van der Waals surface area contributed by atoms with Crippen LogP contribution in [0.25, 0.3) is 21.7 Å². The van der Waals surface area contributed by atoms with Crippen LogP contribution in [0.2, 0.25) is 0 Å². The maximum atomic E-state index is 12.2. The first-order valence-electron chi connectivity index (χ1n) is 10.0. The van der Waals surface area contributed by atoms with Crippen molar-refractivity contribution in [1.29, 1.82) is 0 Å². The summed E-state index contributed by atoms with van der Waals surface area (Å²) >= 11 is 0. The second-order valence-corrected chi connectivity index (χ2v) is 7.02. The molecule has 0 aliphatic heterocycles. The topological polar surface area (TPSA) is 65.7 Å². The van der Waals surface area contributed by atoms with E-state index < -0.39 is 5.63 Å². The number of fused-ring (bicyclic) bond motifs is 3. The van der Waals surface area contributed by atoms with E-state index in [1.165, 1.54) is 5.56 Å². The Morgan fingerprint density at radius 2 is 1.63 bits per heavy atom.